The Morgan fingerprint density at radius 1 is 1.41 bits per heavy atom. The van der Waals surface area contributed by atoms with Crippen molar-refractivity contribution in [2.45, 2.75) is 12.8 Å². The van der Waals surface area contributed by atoms with Gasteiger partial charge in [0.15, 0.2) is 0 Å². The third-order valence-electron chi connectivity index (χ3n) is 1.55. The van der Waals surface area contributed by atoms with Gasteiger partial charge in [-0.2, -0.15) is 5.26 Å². The molecule has 0 N–H and O–H groups in total. The first-order valence-corrected chi connectivity index (χ1v) is 4.97. The normalized spacial score (nSPS) is 11.4. The predicted octanol–water partition coefficient (Wildman–Crippen LogP) is 3.39. The van der Waals surface area contributed by atoms with Gasteiger partial charge in [-0.3, -0.25) is 0 Å². The van der Waals surface area contributed by atoms with E-state index in [0.717, 1.165) is 0 Å². The highest BCUT2D eigenvalue weighted by molar-refractivity contribution is 14.1. The van der Waals surface area contributed by atoms with Crippen molar-refractivity contribution in [1.29, 1.82) is 5.26 Å². The van der Waals surface area contributed by atoms with Crippen LogP contribution in [0.3, 0.4) is 0 Å². The zero-order chi connectivity index (χ0) is 13.2. The molecule has 1 aromatic rings. The van der Waals surface area contributed by atoms with E-state index in [9.17, 15) is 22.0 Å². The third kappa shape index (κ3) is 3.65. The Morgan fingerprint density at radius 3 is 2.41 bits per heavy atom. The molecule has 92 valence electrons. The van der Waals surface area contributed by atoms with Gasteiger partial charge in [-0.05, 0) is 22.6 Å². The first-order valence-electron chi connectivity index (χ1n) is 3.89. The average molecular weight is 364 g/mol. The van der Waals surface area contributed by atoms with Crippen LogP contribution < -0.4 is 4.74 Å². The van der Waals surface area contributed by atoms with E-state index in [-0.39, 0.29) is 0 Å². The molecule has 0 radical (unpaired) electrons. The molecule has 0 fully saturated rings. The van der Waals surface area contributed by atoms with E-state index in [1.54, 1.807) is 0 Å². The van der Waals surface area contributed by atoms with Crippen LogP contribution in [0.2, 0.25) is 0 Å². The van der Waals surface area contributed by atoms with Crippen LogP contribution in [0.15, 0.2) is 6.07 Å². The zero-order valence-electron chi connectivity index (χ0n) is 7.73. The molecule has 9 heteroatoms. The molecule has 1 aromatic heterocycles. The Balaban J connectivity index is 3.24. The van der Waals surface area contributed by atoms with Gasteiger partial charge in [-0.25, -0.2) is 13.8 Å². The second kappa shape index (κ2) is 4.99. The van der Waals surface area contributed by atoms with Gasteiger partial charge in [0.25, 0.3) is 6.43 Å². The molecule has 0 bridgehead atoms. The number of nitrogens with zero attached hydrogens (tertiary/aromatic N) is 2. The lowest BCUT2D eigenvalue weighted by atomic mass is 10.1. The summed E-state index contributed by atoms with van der Waals surface area (Å²) in [6, 6.07) is 1.90. The van der Waals surface area contributed by atoms with Crippen molar-refractivity contribution in [2.75, 3.05) is 0 Å². The van der Waals surface area contributed by atoms with Crippen LogP contribution in [0, 0.1) is 15.0 Å². The predicted molar refractivity (Wildman–Crippen MR) is 53.3 cm³/mol. The SMILES string of the molecule is N#Cc1cc(OC(F)(F)F)nc(I)c1C(F)F. The van der Waals surface area contributed by atoms with Gasteiger partial charge >= 0.3 is 6.36 Å². The molecule has 0 spiro atoms. The van der Waals surface area contributed by atoms with E-state index in [0.29, 0.717) is 6.07 Å². The summed E-state index contributed by atoms with van der Waals surface area (Å²) in [7, 11) is 0. The first kappa shape index (κ1) is 13.9. The summed E-state index contributed by atoms with van der Waals surface area (Å²) in [6.07, 6.45) is -7.99. The Bertz CT molecular complexity index is 468. The summed E-state index contributed by atoms with van der Waals surface area (Å²) in [5.41, 5.74) is -1.30. The lowest BCUT2D eigenvalue weighted by Crippen LogP contribution is -2.18. The summed E-state index contributed by atoms with van der Waals surface area (Å²) >= 11 is 1.31. The number of alkyl halides is 5. The Labute approximate surface area is 105 Å². The van der Waals surface area contributed by atoms with Crippen molar-refractivity contribution >= 4 is 22.6 Å². The van der Waals surface area contributed by atoms with E-state index in [4.69, 9.17) is 5.26 Å². The molecule has 0 unspecified atom stereocenters. The Morgan fingerprint density at radius 2 is 2.00 bits per heavy atom. The Hall–Kier alpha value is -1.18. The van der Waals surface area contributed by atoms with Gasteiger partial charge in [0.1, 0.15) is 3.70 Å². The largest absolute Gasteiger partial charge is 0.574 e. The summed E-state index contributed by atoms with van der Waals surface area (Å²) in [5.74, 6) is -0.942. The maximum Gasteiger partial charge on any atom is 0.574 e. The molecule has 3 nitrogen and oxygen atoms in total. The minimum atomic E-state index is -4.99. The van der Waals surface area contributed by atoms with E-state index in [1.165, 1.54) is 28.7 Å². The summed E-state index contributed by atoms with van der Waals surface area (Å²) in [5, 5.41) is 8.56. The van der Waals surface area contributed by atoms with Gasteiger partial charge in [0.05, 0.1) is 17.2 Å². The van der Waals surface area contributed by atoms with E-state index in [2.05, 4.69) is 9.72 Å². The van der Waals surface area contributed by atoms with Gasteiger partial charge in [0.2, 0.25) is 5.88 Å². The third-order valence-corrected chi connectivity index (χ3v) is 2.37. The topological polar surface area (TPSA) is 45.9 Å². The number of hydrogen-bond acceptors (Lipinski definition) is 3. The standard InChI is InChI=1S/C8H2F5IN2O/c9-6(10)5-3(2-15)1-4(16-7(5)14)17-8(11,12)13/h1,6H. The summed E-state index contributed by atoms with van der Waals surface area (Å²) in [6.45, 7) is 0. The molecule has 0 amide bonds. The maximum absolute atomic E-state index is 12.5. The molecule has 0 aliphatic heterocycles. The molecule has 1 rings (SSSR count). The lowest BCUT2D eigenvalue weighted by Gasteiger charge is -2.10. The van der Waals surface area contributed by atoms with Gasteiger partial charge < -0.3 is 4.74 Å². The number of hydrogen-bond donors (Lipinski definition) is 0. The Kier molecular flexibility index (Phi) is 4.07. The number of nitriles is 1. The maximum atomic E-state index is 12.5. The fourth-order valence-electron chi connectivity index (χ4n) is 0.973. The molecule has 17 heavy (non-hydrogen) atoms. The minimum absolute atomic E-state index is 0.407. The van der Waals surface area contributed by atoms with Crippen molar-refractivity contribution in [3.05, 3.63) is 20.9 Å². The van der Waals surface area contributed by atoms with Crippen LogP contribution in [-0.2, 0) is 0 Å². The van der Waals surface area contributed by atoms with Crippen molar-refractivity contribution < 1.29 is 26.7 Å². The molecule has 0 saturated heterocycles. The lowest BCUT2D eigenvalue weighted by molar-refractivity contribution is -0.276. The molecule has 0 atom stereocenters. The number of halogens is 6. The van der Waals surface area contributed by atoms with Gasteiger partial charge in [-0.1, -0.05) is 0 Å². The van der Waals surface area contributed by atoms with Crippen LogP contribution in [0.25, 0.3) is 0 Å². The first-order chi connectivity index (χ1) is 7.74. The van der Waals surface area contributed by atoms with E-state index < -0.39 is 33.5 Å². The summed E-state index contributed by atoms with van der Waals surface area (Å²) < 4.78 is 63.6. The van der Waals surface area contributed by atoms with Crippen LogP contribution in [-0.4, -0.2) is 11.3 Å². The average Bonchev–Trinajstić information content (AvgIpc) is 2.12. The van der Waals surface area contributed by atoms with Crippen molar-refractivity contribution in [3.63, 3.8) is 0 Å². The molecule has 1 heterocycles. The molecular formula is C8H2F5IN2O. The van der Waals surface area contributed by atoms with Crippen molar-refractivity contribution in [2.24, 2.45) is 0 Å². The van der Waals surface area contributed by atoms with Crippen LogP contribution in [0.4, 0.5) is 22.0 Å². The monoisotopic (exact) mass is 364 g/mol. The molecular weight excluding hydrogens is 362 g/mol. The zero-order valence-corrected chi connectivity index (χ0v) is 9.88. The quantitative estimate of drug-likeness (QED) is 0.459. The molecule has 0 aromatic carbocycles. The highest BCUT2D eigenvalue weighted by Crippen LogP contribution is 2.30. The molecule has 0 aliphatic carbocycles. The smallest absolute Gasteiger partial charge is 0.388 e. The number of ether oxygens (including phenoxy) is 1. The highest BCUT2D eigenvalue weighted by Gasteiger charge is 2.33. The number of rotatable bonds is 2. The van der Waals surface area contributed by atoms with Crippen molar-refractivity contribution in [3.8, 4) is 11.9 Å². The van der Waals surface area contributed by atoms with Crippen molar-refractivity contribution in [1.82, 2.24) is 4.98 Å². The van der Waals surface area contributed by atoms with Crippen LogP contribution in [0.1, 0.15) is 17.6 Å². The number of pyridine rings is 1. The molecule has 0 saturated carbocycles. The van der Waals surface area contributed by atoms with Crippen LogP contribution >= 0.6 is 22.6 Å². The highest BCUT2D eigenvalue weighted by atomic mass is 127. The number of aromatic nitrogens is 1. The minimum Gasteiger partial charge on any atom is -0.388 e. The van der Waals surface area contributed by atoms with Gasteiger partial charge in [0, 0.05) is 6.07 Å². The van der Waals surface area contributed by atoms with E-state index in [1.807, 2.05) is 0 Å². The van der Waals surface area contributed by atoms with Gasteiger partial charge in [-0.15, -0.1) is 13.2 Å². The molecule has 0 aliphatic rings. The second-order valence-electron chi connectivity index (χ2n) is 2.67. The fraction of sp³-hybridized carbons (Fsp3) is 0.250. The van der Waals surface area contributed by atoms with Crippen LogP contribution in [0.5, 0.6) is 5.88 Å². The second-order valence-corrected chi connectivity index (χ2v) is 3.69. The van der Waals surface area contributed by atoms with E-state index >= 15 is 0 Å². The summed E-state index contributed by atoms with van der Waals surface area (Å²) in [4.78, 5) is 3.20. The fourth-order valence-corrected chi connectivity index (χ4v) is 1.74.